The number of pyridine rings is 1. The molecule has 0 aliphatic rings. The van der Waals surface area contributed by atoms with Crippen LogP contribution in [0.15, 0.2) is 18.2 Å². The van der Waals surface area contributed by atoms with Crippen molar-refractivity contribution < 1.29 is 19.5 Å². The number of ether oxygens (including phenoxy) is 1. The first-order valence-corrected chi connectivity index (χ1v) is 10.8. The molecule has 1 aromatic heterocycles. The summed E-state index contributed by atoms with van der Waals surface area (Å²) >= 11 is 12.4. The van der Waals surface area contributed by atoms with Crippen LogP contribution in [-0.4, -0.2) is 35.2 Å². The second kappa shape index (κ2) is 12.2. The van der Waals surface area contributed by atoms with Crippen molar-refractivity contribution in [3.05, 3.63) is 45.1 Å². The summed E-state index contributed by atoms with van der Waals surface area (Å²) in [7, 11) is 0. The van der Waals surface area contributed by atoms with Crippen LogP contribution in [0.25, 0.3) is 11.1 Å². The number of hydrogen-bond donors (Lipinski definition) is 3. The topological polar surface area (TPSA) is 124 Å². The summed E-state index contributed by atoms with van der Waals surface area (Å²) in [5.41, 5.74) is 3.14. The van der Waals surface area contributed by atoms with Gasteiger partial charge in [0.25, 0.3) is 0 Å². The van der Waals surface area contributed by atoms with Gasteiger partial charge in [-0.2, -0.15) is 5.26 Å². The highest BCUT2D eigenvalue weighted by Crippen LogP contribution is 2.38. The molecule has 0 saturated heterocycles. The predicted octanol–water partition coefficient (Wildman–Crippen LogP) is 4.89. The molecule has 3 N–H and O–H groups in total. The van der Waals surface area contributed by atoms with E-state index in [9.17, 15) is 14.9 Å². The molecule has 0 spiro atoms. The molecule has 170 valence electrons. The first kappa shape index (κ1) is 25.4. The van der Waals surface area contributed by atoms with Gasteiger partial charge in [-0.25, -0.2) is 15.3 Å². The Kier molecular flexibility index (Phi) is 9.72. The number of unbranched alkanes of at least 4 members (excludes halogenated alkanes) is 2. The minimum absolute atomic E-state index is 0.169. The van der Waals surface area contributed by atoms with Gasteiger partial charge in [0, 0.05) is 34.1 Å². The van der Waals surface area contributed by atoms with Crippen LogP contribution >= 0.6 is 23.2 Å². The van der Waals surface area contributed by atoms with Gasteiger partial charge in [0.15, 0.2) is 0 Å². The molecule has 2 aromatic rings. The minimum atomic E-state index is -0.594. The van der Waals surface area contributed by atoms with Gasteiger partial charge in [0.1, 0.15) is 17.5 Å². The van der Waals surface area contributed by atoms with Crippen molar-refractivity contribution >= 4 is 40.9 Å². The number of esters is 1. The summed E-state index contributed by atoms with van der Waals surface area (Å²) in [6.45, 7) is 4.02. The third-order valence-corrected chi connectivity index (χ3v) is 5.22. The highest BCUT2D eigenvalue weighted by atomic mass is 35.5. The van der Waals surface area contributed by atoms with Crippen LogP contribution in [0.2, 0.25) is 10.0 Å². The van der Waals surface area contributed by atoms with Crippen molar-refractivity contribution in [2.45, 2.75) is 39.5 Å². The Morgan fingerprint density at radius 1 is 1.25 bits per heavy atom. The lowest BCUT2D eigenvalue weighted by molar-refractivity contribution is -0.129. The van der Waals surface area contributed by atoms with Crippen molar-refractivity contribution in [1.29, 1.82) is 5.26 Å². The second-order valence-electron chi connectivity index (χ2n) is 6.90. The standard InChI is InChI=1S/C22H24Cl2N4O4/c1-3-32-22(30)19-13(2)27-21(26-10-6-4-5-7-18(29)28-31)16(12-25)20(19)15-9-8-14(23)11-17(15)24/h8-9,11,31H,3-7,10H2,1-2H3,(H,26,27)(H,28,29). The third-order valence-electron chi connectivity index (χ3n) is 4.67. The summed E-state index contributed by atoms with van der Waals surface area (Å²) in [5.74, 6) is -0.697. The van der Waals surface area contributed by atoms with Gasteiger partial charge < -0.3 is 10.1 Å². The molecule has 2 rings (SSSR count). The average Bonchev–Trinajstić information content (AvgIpc) is 2.75. The molecule has 0 saturated carbocycles. The van der Waals surface area contributed by atoms with Crippen LogP contribution < -0.4 is 10.8 Å². The number of nitrogens with zero attached hydrogens (tertiary/aromatic N) is 2. The fraction of sp³-hybridized carbons (Fsp3) is 0.364. The van der Waals surface area contributed by atoms with Gasteiger partial charge in [0.05, 0.1) is 17.9 Å². The molecule has 1 amide bonds. The molecule has 10 heteroatoms. The SMILES string of the molecule is CCOC(=O)c1c(C)nc(NCCCCCC(=O)NO)c(C#N)c1-c1ccc(Cl)cc1Cl. The van der Waals surface area contributed by atoms with Gasteiger partial charge in [-0.3, -0.25) is 10.0 Å². The Labute approximate surface area is 196 Å². The number of carbonyl (C=O) groups is 2. The van der Waals surface area contributed by atoms with Crippen LogP contribution in [0.5, 0.6) is 0 Å². The van der Waals surface area contributed by atoms with E-state index in [1.807, 2.05) is 0 Å². The number of amides is 1. The number of nitriles is 1. The fourth-order valence-corrected chi connectivity index (χ4v) is 3.71. The Balaban J connectivity index is 2.41. The number of hydrogen-bond acceptors (Lipinski definition) is 7. The normalized spacial score (nSPS) is 10.4. The average molecular weight is 479 g/mol. The molecular formula is C22H24Cl2N4O4. The summed E-state index contributed by atoms with van der Waals surface area (Å²) in [6.07, 6.45) is 2.28. The Hall–Kier alpha value is -2.86. The first-order chi connectivity index (χ1) is 15.3. The molecule has 1 heterocycles. The third kappa shape index (κ3) is 6.33. The molecule has 0 aliphatic carbocycles. The molecule has 0 fully saturated rings. The largest absolute Gasteiger partial charge is 0.462 e. The Morgan fingerprint density at radius 3 is 2.62 bits per heavy atom. The van der Waals surface area contributed by atoms with E-state index < -0.39 is 11.9 Å². The Bertz CT molecular complexity index is 1040. The van der Waals surface area contributed by atoms with E-state index in [0.29, 0.717) is 52.1 Å². The zero-order valence-corrected chi connectivity index (χ0v) is 19.3. The number of anilines is 1. The maximum Gasteiger partial charge on any atom is 0.340 e. The van der Waals surface area contributed by atoms with Crippen LogP contribution in [-0.2, 0) is 9.53 Å². The molecule has 0 radical (unpaired) electrons. The van der Waals surface area contributed by atoms with E-state index >= 15 is 0 Å². The molecule has 1 aromatic carbocycles. The molecular weight excluding hydrogens is 455 g/mol. The van der Waals surface area contributed by atoms with Gasteiger partial charge >= 0.3 is 5.97 Å². The maximum absolute atomic E-state index is 12.7. The van der Waals surface area contributed by atoms with E-state index in [2.05, 4.69) is 16.4 Å². The van der Waals surface area contributed by atoms with Crippen LogP contribution in [0.1, 0.15) is 54.2 Å². The monoisotopic (exact) mass is 478 g/mol. The lowest BCUT2D eigenvalue weighted by atomic mass is 9.94. The molecule has 0 bridgehead atoms. The lowest BCUT2D eigenvalue weighted by Crippen LogP contribution is -2.18. The summed E-state index contributed by atoms with van der Waals surface area (Å²) in [6, 6.07) is 6.96. The molecule has 8 nitrogen and oxygen atoms in total. The maximum atomic E-state index is 12.7. The quantitative estimate of drug-likeness (QED) is 0.192. The van der Waals surface area contributed by atoms with Crippen LogP contribution in [0.4, 0.5) is 5.82 Å². The Morgan fingerprint density at radius 2 is 2.00 bits per heavy atom. The van der Waals surface area contributed by atoms with Crippen molar-refractivity contribution in [2.24, 2.45) is 0 Å². The van der Waals surface area contributed by atoms with E-state index in [1.165, 1.54) is 0 Å². The molecule has 0 unspecified atom stereocenters. The molecule has 0 atom stereocenters. The highest BCUT2D eigenvalue weighted by molar-refractivity contribution is 6.36. The zero-order valence-electron chi connectivity index (χ0n) is 17.8. The predicted molar refractivity (Wildman–Crippen MR) is 122 cm³/mol. The van der Waals surface area contributed by atoms with Gasteiger partial charge in [-0.05, 0) is 38.8 Å². The van der Waals surface area contributed by atoms with Crippen LogP contribution in [0, 0.1) is 18.3 Å². The van der Waals surface area contributed by atoms with Gasteiger partial charge in [-0.15, -0.1) is 0 Å². The number of hydroxylamine groups is 1. The van der Waals surface area contributed by atoms with E-state index in [1.54, 1.807) is 37.5 Å². The highest BCUT2D eigenvalue weighted by Gasteiger charge is 2.26. The number of nitrogens with one attached hydrogen (secondary N) is 2. The smallest absolute Gasteiger partial charge is 0.340 e. The minimum Gasteiger partial charge on any atom is -0.462 e. The van der Waals surface area contributed by atoms with Crippen LogP contribution in [0.3, 0.4) is 0 Å². The lowest BCUT2D eigenvalue weighted by Gasteiger charge is -2.18. The first-order valence-electron chi connectivity index (χ1n) is 10.1. The van der Waals surface area contributed by atoms with Crippen molar-refractivity contribution in [3.63, 3.8) is 0 Å². The van der Waals surface area contributed by atoms with E-state index in [0.717, 1.165) is 6.42 Å². The number of aryl methyl sites for hydroxylation is 1. The number of carbonyl (C=O) groups excluding carboxylic acids is 2. The number of benzene rings is 1. The van der Waals surface area contributed by atoms with Gasteiger partial charge in [0.2, 0.25) is 5.91 Å². The second-order valence-corrected chi connectivity index (χ2v) is 7.74. The van der Waals surface area contributed by atoms with Gasteiger partial charge in [-0.1, -0.05) is 35.7 Å². The molecule has 32 heavy (non-hydrogen) atoms. The van der Waals surface area contributed by atoms with E-state index in [-0.39, 0.29) is 24.2 Å². The zero-order chi connectivity index (χ0) is 23.7. The van der Waals surface area contributed by atoms with Crippen molar-refractivity contribution in [1.82, 2.24) is 10.5 Å². The summed E-state index contributed by atoms with van der Waals surface area (Å²) < 4.78 is 5.20. The summed E-state index contributed by atoms with van der Waals surface area (Å²) in [5, 5.41) is 22.3. The van der Waals surface area contributed by atoms with Crippen molar-refractivity contribution in [2.75, 3.05) is 18.5 Å². The fourth-order valence-electron chi connectivity index (χ4n) is 3.21. The van der Waals surface area contributed by atoms with Crippen molar-refractivity contribution in [3.8, 4) is 17.2 Å². The number of aromatic nitrogens is 1. The van der Waals surface area contributed by atoms with E-state index in [4.69, 9.17) is 33.1 Å². The number of rotatable bonds is 10. The molecule has 0 aliphatic heterocycles. The number of halogens is 2. The summed E-state index contributed by atoms with van der Waals surface area (Å²) in [4.78, 5) is 28.2.